The summed E-state index contributed by atoms with van der Waals surface area (Å²) >= 11 is 1.73. The summed E-state index contributed by atoms with van der Waals surface area (Å²) in [6.07, 6.45) is 1.92. The van der Waals surface area contributed by atoms with Crippen molar-refractivity contribution in [2.75, 3.05) is 18.1 Å². The van der Waals surface area contributed by atoms with E-state index in [9.17, 15) is 9.59 Å². The number of rotatable bonds is 9. The Balaban J connectivity index is 1.24. The molecule has 170 valence electrons. The SMILES string of the molecule is CC(CCc1ccccc1)NC(=O)COC(=O)CCN1c2ccccc2Sc2ccccc21. The molecule has 6 heteroatoms. The smallest absolute Gasteiger partial charge is 0.308 e. The van der Waals surface area contributed by atoms with E-state index in [0.29, 0.717) is 6.54 Å². The summed E-state index contributed by atoms with van der Waals surface area (Å²) in [5.41, 5.74) is 3.40. The number of hydrogen-bond acceptors (Lipinski definition) is 5. The van der Waals surface area contributed by atoms with Gasteiger partial charge in [0.25, 0.3) is 5.91 Å². The van der Waals surface area contributed by atoms with Gasteiger partial charge in [-0.3, -0.25) is 9.59 Å². The van der Waals surface area contributed by atoms with Crippen molar-refractivity contribution in [3.8, 4) is 0 Å². The summed E-state index contributed by atoms with van der Waals surface area (Å²) in [7, 11) is 0. The Morgan fingerprint density at radius 1 is 0.909 bits per heavy atom. The van der Waals surface area contributed by atoms with Gasteiger partial charge in [0.05, 0.1) is 17.8 Å². The van der Waals surface area contributed by atoms with Crippen LogP contribution in [0.15, 0.2) is 88.7 Å². The number of hydrogen-bond donors (Lipinski definition) is 1. The molecule has 0 aliphatic carbocycles. The minimum Gasteiger partial charge on any atom is -0.456 e. The maximum atomic E-state index is 12.4. The van der Waals surface area contributed by atoms with Crippen molar-refractivity contribution in [1.82, 2.24) is 5.32 Å². The second kappa shape index (κ2) is 11.1. The van der Waals surface area contributed by atoms with Crippen LogP contribution in [0.4, 0.5) is 11.4 Å². The fourth-order valence-corrected chi connectivity index (χ4v) is 4.96. The second-order valence-corrected chi connectivity index (χ2v) is 9.18. The number of carbonyl (C=O) groups is 2. The fraction of sp³-hybridized carbons (Fsp3) is 0.259. The van der Waals surface area contributed by atoms with Gasteiger partial charge in [-0.25, -0.2) is 0 Å². The molecule has 3 aromatic carbocycles. The predicted molar refractivity (Wildman–Crippen MR) is 132 cm³/mol. The third-order valence-electron chi connectivity index (χ3n) is 5.55. The molecule has 0 saturated carbocycles. The van der Waals surface area contributed by atoms with E-state index >= 15 is 0 Å². The summed E-state index contributed by atoms with van der Waals surface area (Å²) in [6, 6.07) is 26.5. The van der Waals surface area contributed by atoms with E-state index in [1.807, 2.05) is 49.4 Å². The molecule has 1 aliphatic heterocycles. The molecular weight excluding hydrogens is 432 g/mol. The Labute approximate surface area is 199 Å². The van der Waals surface area contributed by atoms with Gasteiger partial charge in [0.2, 0.25) is 0 Å². The summed E-state index contributed by atoms with van der Waals surface area (Å²) in [5, 5.41) is 2.91. The highest BCUT2D eigenvalue weighted by Crippen LogP contribution is 2.47. The second-order valence-electron chi connectivity index (χ2n) is 8.09. The number of carbonyl (C=O) groups excluding carboxylic acids is 2. The van der Waals surface area contributed by atoms with Crippen molar-refractivity contribution in [3.63, 3.8) is 0 Å². The van der Waals surface area contributed by atoms with Crippen molar-refractivity contribution in [3.05, 3.63) is 84.4 Å². The number of aryl methyl sites for hydroxylation is 1. The van der Waals surface area contributed by atoms with Crippen molar-refractivity contribution in [1.29, 1.82) is 0 Å². The van der Waals surface area contributed by atoms with E-state index in [2.05, 4.69) is 46.6 Å². The predicted octanol–water partition coefficient (Wildman–Crippen LogP) is 5.36. The van der Waals surface area contributed by atoms with Gasteiger partial charge in [0, 0.05) is 22.4 Å². The molecular formula is C27H28N2O3S. The normalized spacial score (nSPS) is 12.9. The lowest BCUT2D eigenvalue weighted by atomic mass is 10.1. The number of nitrogens with one attached hydrogen (secondary N) is 1. The van der Waals surface area contributed by atoms with Crippen LogP contribution in [-0.4, -0.2) is 31.1 Å². The zero-order chi connectivity index (χ0) is 23.0. The molecule has 0 aromatic heterocycles. The maximum Gasteiger partial charge on any atom is 0.308 e. The summed E-state index contributed by atoms with van der Waals surface area (Å²) in [4.78, 5) is 29.0. The lowest BCUT2D eigenvalue weighted by Crippen LogP contribution is -2.36. The standard InChI is InChI=1S/C27H28N2O3S/c1-20(15-16-21-9-3-2-4-10-21)28-26(30)19-32-27(31)17-18-29-22-11-5-7-13-24(22)33-25-14-8-6-12-23(25)29/h2-14,20H,15-19H2,1H3,(H,28,30). The highest BCUT2D eigenvalue weighted by molar-refractivity contribution is 7.99. The fourth-order valence-electron chi connectivity index (χ4n) is 3.86. The Hall–Kier alpha value is -3.25. The number of ether oxygens (including phenoxy) is 1. The third-order valence-corrected chi connectivity index (χ3v) is 6.68. The first-order chi connectivity index (χ1) is 16.1. The van der Waals surface area contributed by atoms with Crippen molar-refractivity contribution < 1.29 is 14.3 Å². The molecule has 33 heavy (non-hydrogen) atoms. The molecule has 0 fully saturated rings. The number of nitrogens with zero attached hydrogens (tertiary/aromatic N) is 1. The van der Waals surface area contributed by atoms with Crippen LogP contribution in [0.5, 0.6) is 0 Å². The first-order valence-electron chi connectivity index (χ1n) is 11.2. The number of benzene rings is 3. The molecule has 1 unspecified atom stereocenters. The van der Waals surface area contributed by atoms with Crippen LogP contribution in [-0.2, 0) is 20.7 Å². The van der Waals surface area contributed by atoms with E-state index < -0.39 is 0 Å². The summed E-state index contributed by atoms with van der Waals surface area (Å²) in [6.45, 7) is 2.20. The lowest BCUT2D eigenvalue weighted by Gasteiger charge is -2.32. The van der Waals surface area contributed by atoms with Crippen LogP contribution in [0.1, 0.15) is 25.3 Å². The van der Waals surface area contributed by atoms with Gasteiger partial charge in [0.15, 0.2) is 6.61 Å². The monoisotopic (exact) mass is 460 g/mol. The highest BCUT2D eigenvalue weighted by atomic mass is 32.2. The first kappa shape index (κ1) is 22.9. The van der Waals surface area contributed by atoms with Crippen molar-refractivity contribution >= 4 is 35.0 Å². The van der Waals surface area contributed by atoms with Crippen LogP contribution in [0.3, 0.4) is 0 Å². The minimum atomic E-state index is -0.379. The number of para-hydroxylation sites is 2. The van der Waals surface area contributed by atoms with Crippen LogP contribution in [0, 0.1) is 0 Å². The number of fused-ring (bicyclic) bond motifs is 2. The quantitative estimate of drug-likeness (QED) is 0.436. The van der Waals surface area contributed by atoms with Crippen LogP contribution < -0.4 is 10.2 Å². The Kier molecular flexibility index (Phi) is 7.68. The van der Waals surface area contributed by atoms with Crippen LogP contribution >= 0.6 is 11.8 Å². The molecule has 5 nitrogen and oxygen atoms in total. The van der Waals surface area contributed by atoms with Gasteiger partial charge >= 0.3 is 5.97 Å². The van der Waals surface area contributed by atoms with Crippen LogP contribution in [0.2, 0.25) is 0 Å². The van der Waals surface area contributed by atoms with E-state index in [1.54, 1.807) is 11.8 Å². The topological polar surface area (TPSA) is 58.6 Å². The van der Waals surface area contributed by atoms with Crippen LogP contribution in [0.25, 0.3) is 0 Å². The molecule has 0 spiro atoms. The van der Waals surface area contributed by atoms with E-state index in [1.165, 1.54) is 5.56 Å². The van der Waals surface area contributed by atoms with Gasteiger partial charge in [-0.05, 0) is 49.6 Å². The Morgan fingerprint density at radius 3 is 2.18 bits per heavy atom. The highest BCUT2D eigenvalue weighted by Gasteiger charge is 2.23. The molecule has 1 amide bonds. The largest absolute Gasteiger partial charge is 0.456 e. The minimum absolute atomic E-state index is 0.00950. The summed E-state index contributed by atoms with van der Waals surface area (Å²) < 4.78 is 5.25. The molecule has 1 aliphatic rings. The number of esters is 1. The van der Waals surface area contributed by atoms with Crippen molar-refractivity contribution in [2.45, 2.75) is 42.0 Å². The molecule has 1 heterocycles. The molecule has 0 saturated heterocycles. The summed E-state index contributed by atoms with van der Waals surface area (Å²) in [5.74, 6) is -0.649. The molecule has 4 rings (SSSR count). The van der Waals surface area contributed by atoms with E-state index in [-0.39, 0.29) is 30.9 Å². The molecule has 0 radical (unpaired) electrons. The van der Waals surface area contributed by atoms with E-state index in [4.69, 9.17) is 4.74 Å². The number of anilines is 2. The molecule has 1 atom stereocenters. The van der Waals surface area contributed by atoms with Gasteiger partial charge in [-0.15, -0.1) is 0 Å². The molecule has 0 bridgehead atoms. The van der Waals surface area contributed by atoms with Gasteiger partial charge in [-0.1, -0.05) is 66.4 Å². The number of amides is 1. The average molecular weight is 461 g/mol. The lowest BCUT2D eigenvalue weighted by molar-refractivity contribution is -0.148. The molecule has 1 N–H and O–H groups in total. The Morgan fingerprint density at radius 2 is 1.52 bits per heavy atom. The Bertz CT molecular complexity index is 1060. The maximum absolute atomic E-state index is 12.4. The van der Waals surface area contributed by atoms with Gasteiger partial charge in [0.1, 0.15) is 0 Å². The third kappa shape index (κ3) is 6.17. The zero-order valence-corrected chi connectivity index (χ0v) is 19.5. The first-order valence-corrected chi connectivity index (χ1v) is 12.0. The van der Waals surface area contributed by atoms with E-state index in [0.717, 1.165) is 34.0 Å². The zero-order valence-electron chi connectivity index (χ0n) is 18.7. The molecule has 3 aromatic rings. The van der Waals surface area contributed by atoms with Gasteiger partial charge in [-0.2, -0.15) is 0 Å². The van der Waals surface area contributed by atoms with Gasteiger partial charge < -0.3 is 15.0 Å². The van der Waals surface area contributed by atoms with Crippen molar-refractivity contribution in [2.24, 2.45) is 0 Å². The average Bonchev–Trinajstić information content (AvgIpc) is 2.84.